The molecule has 0 aromatic carbocycles. The first kappa shape index (κ1) is 14.8. The van der Waals surface area contributed by atoms with Gasteiger partial charge >= 0.3 is 12.0 Å². The maximum Gasteiger partial charge on any atom is 0.314 e. The van der Waals surface area contributed by atoms with E-state index in [1.165, 1.54) is 0 Å². The number of likely N-dealkylation sites (tertiary alicyclic amines) is 1. The summed E-state index contributed by atoms with van der Waals surface area (Å²) in [6, 6.07) is 0.0820. The molecule has 1 saturated heterocycles. The van der Waals surface area contributed by atoms with Gasteiger partial charge in [-0.25, -0.2) is 4.79 Å². The number of esters is 1. The van der Waals surface area contributed by atoms with Crippen LogP contribution in [-0.4, -0.2) is 49.2 Å². The SMILES string of the molecule is CCOC(=O)CCCNC1CCN(C(N)=O)CC1. The van der Waals surface area contributed by atoms with Gasteiger partial charge in [0, 0.05) is 25.6 Å². The molecule has 0 radical (unpaired) electrons. The fourth-order valence-electron chi connectivity index (χ4n) is 2.08. The lowest BCUT2D eigenvalue weighted by atomic mass is 10.1. The lowest BCUT2D eigenvalue weighted by molar-refractivity contribution is -0.143. The summed E-state index contributed by atoms with van der Waals surface area (Å²) in [7, 11) is 0. The zero-order chi connectivity index (χ0) is 13.4. The Morgan fingerprint density at radius 1 is 1.39 bits per heavy atom. The van der Waals surface area contributed by atoms with E-state index in [1.807, 2.05) is 6.92 Å². The largest absolute Gasteiger partial charge is 0.466 e. The number of rotatable bonds is 6. The quantitative estimate of drug-likeness (QED) is 0.535. The van der Waals surface area contributed by atoms with Crippen LogP contribution in [0.4, 0.5) is 4.79 Å². The lowest BCUT2D eigenvalue weighted by Crippen LogP contribution is -2.47. The van der Waals surface area contributed by atoms with Crippen molar-refractivity contribution in [2.45, 2.75) is 38.6 Å². The Hall–Kier alpha value is -1.30. The van der Waals surface area contributed by atoms with Gasteiger partial charge in [0.15, 0.2) is 0 Å². The van der Waals surface area contributed by atoms with Crippen LogP contribution < -0.4 is 11.1 Å². The third-order valence-corrected chi connectivity index (χ3v) is 3.10. The zero-order valence-corrected chi connectivity index (χ0v) is 11.0. The second-order valence-electron chi connectivity index (χ2n) is 4.46. The van der Waals surface area contributed by atoms with Gasteiger partial charge in [0.25, 0.3) is 0 Å². The van der Waals surface area contributed by atoms with E-state index in [-0.39, 0.29) is 12.0 Å². The van der Waals surface area contributed by atoms with Gasteiger partial charge in [-0.05, 0) is 32.7 Å². The number of nitrogens with zero attached hydrogens (tertiary/aromatic N) is 1. The number of amides is 2. The van der Waals surface area contributed by atoms with Crippen molar-refractivity contribution in [1.82, 2.24) is 10.2 Å². The van der Waals surface area contributed by atoms with Crippen LogP contribution in [0, 0.1) is 0 Å². The molecule has 0 bridgehead atoms. The third-order valence-electron chi connectivity index (χ3n) is 3.10. The minimum atomic E-state index is -0.337. The van der Waals surface area contributed by atoms with E-state index >= 15 is 0 Å². The molecular weight excluding hydrogens is 234 g/mol. The number of hydrogen-bond acceptors (Lipinski definition) is 4. The maximum absolute atomic E-state index is 11.1. The molecule has 1 fully saturated rings. The molecule has 1 aliphatic heterocycles. The molecule has 0 atom stereocenters. The third kappa shape index (κ3) is 5.35. The van der Waals surface area contributed by atoms with E-state index in [2.05, 4.69) is 5.32 Å². The van der Waals surface area contributed by atoms with Crippen molar-refractivity contribution in [3.8, 4) is 0 Å². The van der Waals surface area contributed by atoms with Gasteiger partial charge in [-0.3, -0.25) is 4.79 Å². The van der Waals surface area contributed by atoms with Gasteiger partial charge in [-0.2, -0.15) is 0 Å². The number of carbonyl (C=O) groups is 2. The molecule has 1 heterocycles. The molecule has 1 aliphatic rings. The second kappa shape index (κ2) is 7.92. The Kier molecular flexibility index (Phi) is 6.49. The monoisotopic (exact) mass is 257 g/mol. The summed E-state index contributed by atoms with van der Waals surface area (Å²) in [5.74, 6) is -0.136. The van der Waals surface area contributed by atoms with Crippen LogP contribution in [0.1, 0.15) is 32.6 Å². The van der Waals surface area contributed by atoms with Crippen molar-refractivity contribution in [2.24, 2.45) is 5.73 Å². The van der Waals surface area contributed by atoms with E-state index in [9.17, 15) is 9.59 Å². The molecule has 3 N–H and O–H groups in total. The molecule has 18 heavy (non-hydrogen) atoms. The number of piperidine rings is 1. The predicted molar refractivity (Wildman–Crippen MR) is 68.0 cm³/mol. The first-order valence-corrected chi connectivity index (χ1v) is 6.57. The zero-order valence-electron chi connectivity index (χ0n) is 11.0. The normalized spacial score (nSPS) is 16.6. The second-order valence-corrected chi connectivity index (χ2v) is 4.46. The van der Waals surface area contributed by atoms with Crippen LogP contribution in [-0.2, 0) is 9.53 Å². The fourth-order valence-corrected chi connectivity index (χ4v) is 2.08. The summed E-state index contributed by atoms with van der Waals surface area (Å²) < 4.78 is 4.85. The number of ether oxygens (including phenoxy) is 1. The van der Waals surface area contributed by atoms with E-state index in [0.29, 0.717) is 32.2 Å². The first-order valence-electron chi connectivity index (χ1n) is 6.57. The summed E-state index contributed by atoms with van der Waals surface area (Å²) in [5.41, 5.74) is 5.21. The molecule has 1 rings (SSSR count). The summed E-state index contributed by atoms with van der Waals surface area (Å²) in [6.07, 6.45) is 3.08. The highest BCUT2D eigenvalue weighted by atomic mass is 16.5. The van der Waals surface area contributed by atoms with Crippen molar-refractivity contribution < 1.29 is 14.3 Å². The summed E-state index contributed by atoms with van der Waals surface area (Å²) in [6.45, 7) is 4.48. The van der Waals surface area contributed by atoms with Gasteiger partial charge in [0.1, 0.15) is 0 Å². The van der Waals surface area contributed by atoms with Gasteiger partial charge in [-0.15, -0.1) is 0 Å². The van der Waals surface area contributed by atoms with Crippen molar-refractivity contribution in [1.29, 1.82) is 0 Å². The van der Waals surface area contributed by atoms with Gasteiger partial charge in [0.2, 0.25) is 0 Å². The highest BCUT2D eigenvalue weighted by Gasteiger charge is 2.20. The summed E-state index contributed by atoms with van der Waals surface area (Å²) in [4.78, 5) is 23.7. The molecule has 6 heteroatoms. The van der Waals surface area contributed by atoms with Crippen molar-refractivity contribution in [2.75, 3.05) is 26.2 Å². The van der Waals surface area contributed by atoms with Crippen molar-refractivity contribution in [3.05, 3.63) is 0 Å². The van der Waals surface area contributed by atoms with Crippen LogP contribution in [0.5, 0.6) is 0 Å². The number of hydrogen-bond donors (Lipinski definition) is 2. The maximum atomic E-state index is 11.1. The van der Waals surface area contributed by atoms with Crippen LogP contribution in [0.25, 0.3) is 0 Å². The summed E-state index contributed by atoms with van der Waals surface area (Å²) in [5, 5.41) is 3.39. The molecule has 6 nitrogen and oxygen atoms in total. The smallest absolute Gasteiger partial charge is 0.314 e. The molecule has 0 aliphatic carbocycles. The highest BCUT2D eigenvalue weighted by molar-refractivity contribution is 5.72. The molecule has 0 aromatic heterocycles. The molecule has 0 unspecified atom stereocenters. The number of urea groups is 1. The molecular formula is C12H23N3O3. The lowest BCUT2D eigenvalue weighted by Gasteiger charge is -2.31. The average Bonchev–Trinajstić information content (AvgIpc) is 2.35. The van der Waals surface area contributed by atoms with Crippen molar-refractivity contribution in [3.63, 3.8) is 0 Å². The highest BCUT2D eigenvalue weighted by Crippen LogP contribution is 2.09. The van der Waals surface area contributed by atoms with E-state index in [0.717, 1.165) is 25.8 Å². The standard InChI is InChI=1S/C12H23N3O3/c1-2-18-11(16)4-3-7-14-10-5-8-15(9-6-10)12(13)17/h10,14H,2-9H2,1H3,(H2,13,17). The Morgan fingerprint density at radius 2 is 2.06 bits per heavy atom. The summed E-state index contributed by atoms with van der Waals surface area (Å²) >= 11 is 0. The number of primary amides is 1. The van der Waals surface area contributed by atoms with Gasteiger partial charge in [0.05, 0.1) is 6.61 Å². The van der Waals surface area contributed by atoms with Gasteiger partial charge in [-0.1, -0.05) is 0 Å². The Morgan fingerprint density at radius 3 is 2.61 bits per heavy atom. The molecule has 104 valence electrons. The van der Waals surface area contributed by atoms with E-state index in [1.54, 1.807) is 4.90 Å². The van der Waals surface area contributed by atoms with Crippen LogP contribution >= 0.6 is 0 Å². The van der Waals surface area contributed by atoms with Crippen LogP contribution in [0.3, 0.4) is 0 Å². The van der Waals surface area contributed by atoms with Crippen LogP contribution in [0.15, 0.2) is 0 Å². The van der Waals surface area contributed by atoms with E-state index < -0.39 is 0 Å². The predicted octanol–water partition coefficient (Wildman–Crippen LogP) is 0.462. The Labute approximate surface area is 108 Å². The molecule has 0 aromatic rings. The number of nitrogens with two attached hydrogens (primary N) is 1. The van der Waals surface area contributed by atoms with Crippen molar-refractivity contribution >= 4 is 12.0 Å². The van der Waals surface area contributed by atoms with Gasteiger partial charge < -0.3 is 20.7 Å². The first-order chi connectivity index (χ1) is 8.63. The number of carbonyl (C=O) groups excluding carboxylic acids is 2. The van der Waals surface area contributed by atoms with Crippen LogP contribution in [0.2, 0.25) is 0 Å². The van der Waals surface area contributed by atoms with E-state index in [4.69, 9.17) is 10.5 Å². The minimum absolute atomic E-state index is 0.136. The number of nitrogens with one attached hydrogen (secondary N) is 1. The molecule has 0 saturated carbocycles. The Bertz CT molecular complexity index is 276. The molecule has 2 amide bonds. The Balaban J connectivity index is 2.04. The topological polar surface area (TPSA) is 84.7 Å². The minimum Gasteiger partial charge on any atom is -0.466 e. The average molecular weight is 257 g/mol. The fraction of sp³-hybridized carbons (Fsp3) is 0.833. The molecule has 0 spiro atoms.